The molecule has 1 N–H and O–H groups in total. The van der Waals surface area contributed by atoms with Crippen molar-refractivity contribution >= 4 is 11.6 Å². The molecule has 1 aromatic carbocycles. The second kappa shape index (κ2) is 6.95. The van der Waals surface area contributed by atoms with E-state index in [2.05, 4.69) is 26.1 Å². The average molecular weight is 274 g/mol. The van der Waals surface area contributed by atoms with Gasteiger partial charge in [-0.3, -0.25) is 0 Å². The lowest BCUT2D eigenvalue weighted by atomic mass is 10.1. The van der Waals surface area contributed by atoms with E-state index >= 15 is 0 Å². The topological polar surface area (TPSA) is 21.3 Å². The number of unbranched alkanes of at least 4 members (excludes halogenated alkanes) is 1. The maximum atomic E-state index is 13.4. The number of rotatable bonds is 6. The fourth-order valence-electron chi connectivity index (χ4n) is 1.49. The minimum atomic E-state index is -0.407. The SMILES string of the molecule is CC(C)(C)NCCCCOc1c(F)cccc1Cl. The van der Waals surface area contributed by atoms with Crippen LogP contribution < -0.4 is 10.1 Å². The number of nitrogens with one attached hydrogen (secondary N) is 1. The molecule has 0 heterocycles. The quantitative estimate of drug-likeness (QED) is 0.790. The van der Waals surface area contributed by atoms with Crippen molar-refractivity contribution in [2.45, 2.75) is 39.2 Å². The van der Waals surface area contributed by atoms with Gasteiger partial charge in [-0.25, -0.2) is 4.39 Å². The Morgan fingerprint density at radius 3 is 2.61 bits per heavy atom. The zero-order chi connectivity index (χ0) is 13.6. The summed E-state index contributed by atoms with van der Waals surface area (Å²) < 4.78 is 18.7. The first kappa shape index (κ1) is 15.3. The summed E-state index contributed by atoms with van der Waals surface area (Å²) >= 11 is 5.85. The number of ether oxygens (including phenoxy) is 1. The highest BCUT2D eigenvalue weighted by Crippen LogP contribution is 2.27. The summed E-state index contributed by atoms with van der Waals surface area (Å²) in [6, 6.07) is 4.54. The van der Waals surface area contributed by atoms with Crippen LogP contribution in [0.15, 0.2) is 18.2 Å². The molecule has 0 bridgehead atoms. The molecule has 0 spiro atoms. The van der Waals surface area contributed by atoms with Crippen molar-refractivity contribution in [3.05, 3.63) is 29.0 Å². The molecule has 2 nitrogen and oxygen atoms in total. The standard InChI is InChI=1S/C14H21ClFNO/c1-14(2,3)17-9-4-5-10-18-13-11(15)7-6-8-12(13)16/h6-8,17H,4-5,9-10H2,1-3H3. The summed E-state index contributed by atoms with van der Waals surface area (Å²) in [5, 5.41) is 3.71. The van der Waals surface area contributed by atoms with Crippen LogP contribution in [0.4, 0.5) is 4.39 Å². The van der Waals surface area contributed by atoms with Gasteiger partial charge in [0.1, 0.15) is 0 Å². The van der Waals surface area contributed by atoms with Gasteiger partial charge < -0.3 is 10.1 Å². The molecule has 0 aliphatic carbocycles. The molecule has 18 heavy (non-hydrogen) atoms. The highest BCUT2D eigenvalue weighted by Gasteiger charge is 2.09. The Hall–Kier alpha value is -0.800. The Kier molecular flexibility index (Phi) is 5.89. The van der Waals surface area contributed by atoms with Crippen molar-refractivity contribution in [1.82, 2.24) is 5.32 Å². The maximum absolute atomic E-state index is 13.4. The molecule has 0 aliphatic heterocycles. The van der Waals surface area contributed by atoms with Crippen molar-refractivity contribution in [3.63, 3.8) is 0 Å². The fourth-order valence-corrected chi connectivity index (χ4v) is 1.70. The Labute approximate surface area is 113 Å². The highest BCUT2D eigenvalue weighted by molar-refractivity contribution is 6.32. The van der Waals surface area contributed by atoms with Crippen LogP contribution in [-0.2, 0) is 0 Å². The van der Waals surface area contributed by atoms with Crippen LogP contribution in [0.3, 0.4) is 0 Å². The highest BCUT2D eigenvalue weighted by atomic mass is 35.5. The van der Waals surface area contributed by atoms with Crippen LogP contribution >= 0.6 is 11.6 Å². The molecular weight excluding hydrogens is 253 g/mol. The molecule has 0 fully saturated rings. The third-order valence-corrected chi connectivity index (χ3v) is 2.69. The summed E-state index contributed by atoms with van der Waals surface area (Å²) in [5.74, 6) is -0.252. The second-order valence-corrected chi connectivity index (χ2v) is 5.69. The third-order valence-electron chi connectivity index (χ3n) is 2.39. The average Bonchev–Trinajstić information content (AvgIpc) is 2.25. The van der Waals surface area contributed by atoms with E-state index in [-0.39, 0.29) is 11.3 Å². The molecule has 0 atom stereocenters. The normalized spacial score (nSPS) is 11.6. The van der Waals surface area contributed by atoms with Gasteiger partial charge in [0.25, 0.3) is 0 Å². The Morgan fingerprint density at radius 2 is 2.00 bits per heavy atom. The van der Waals surface area contributed by atoms with E-state index in [1.165, 1.54) is 6.07 Å². The maximum Gasteiger partial charge on any atom is 0.173 e. The fraction of sp³-hybridized carbons (Fsp3) is 0.571. The predicted molar refractivity (Wildman–Crippen MR) is 73.9 cm³/mol. The molecule has 0 amide bonds. The van der Waals surface area contributed by atoms with E-state index in [0.29, 0.717) is 11.6 Å². The van der Waals surface area contributed by atoms with Gasteiger partial charge in [-0.1, -0.05) is 17.7 Å². The van der Waals surface area contributed by atoms with Gasteiger partial charge >= 0.3 is 0 Å². The second-order valence-electron chi connectivity index (χ2n) is 5.28. The van der Waals surface area contributed by atoms with E-state index in [1.54, 1.807) is 12.1 Å². The summed E-state index contributed by atoms with van der Waals surface area (Å²) in [6.45, 7) is 7.79. The van der Waals surface area contributed by atoms with Gasteiger partial charge in [-0.05, 0) is 52.3 Å². The summed E-state index contributed by atoms with van der Waals surface area (Å²) in [4.78, 5) is 0. The van der Waals surface area contributed by atoms with Crippen molar-refractivity contribution in [2.75, 3.05) is 13.2 Å². The molecule has 0 saturated carbocycles. The van der Waals surface area contributed by atoms with E-state index < -0.39 is 5.82 Å². The van der Waals surface area contributed by atoms with Crippen molar-refractivity contribution in [2.24, 2.45) is 0 Å². The summed E-state index contributed by atoms with van der Waals surface area (Å²) in [6.07, 6.45) is 1.86. The molecule has 4 heteroatoms. The van der Waals surface area contributed by atoms with E-state index in [0.717, 1.165) is 19.4 Å². The van der Waals surface area contributed by atoms with Gasteiger partial charge in [0, 0.05) is 5.54 Å². The molecular formula is C14H21ClFNO. The smallest absolute Gasteiger partial charge is 0.173 e. The number of para-hydroxylation sites is 1. The number of hydrogen-bond donors (Lipinski definition) is 1. The van der Waals surface area contributed by atoms with Crippen LogP contribution in [-0.4, -0.2) is 18.7 Å². The molecule has 0 radical (unpaired) electrons. The summed E-state index contributed by atoms with van der Waals surface area (Å²) in [7, 11) is 0. The van der Waals surface area contributed by atoms with Gasteiger partial charge in [0.15, 0.2) is 11.6 Å². The largest absolute Gasteiger partial charge is 0.489 e. The summed E-state index contributed by atoms with van der Waals surface area (Å²) in [5.41, 5.74) is 0.135. The monoisotopic (exact) mass is 273 g/mol. The van der Waals surface area contributed by atoms with E-state index in [1.807, 2.05) is 0 Å². The van der Waals surface area contributed by atoms with Crippen molar-refractivity contribution < 1.29 is 9.13 Å². The number of halogens is 2. The number of hydrogen-bond acceptors (Lipinski definition) is 2. The van der Waals surface area contributed by atoms with Gasteiger partial charge in [-0.2, -0.15) is 0 Å². The van der Waals surface area contributed by atoms with Gasteiger partial charge in [0.05, 0.1) is 11.6 Å². The van der Waals surface area contributed by atoms with Crippen molar-refractivity contribution in [1.29, 1.82) is 0 Å². The zero-order valence-corrected chi connectivity index (χ0v) is 12.0. The van der Waals surface area contributed by atoms with Crippen LogP contribution in [0.5, 0.6) is 5.75 Å². The lowest BCUT2D eigenvalue weighted by Gasteiger charge is -2.20. The Bertz CT molecular complexity index is 356. The first-order valence-corrected chi connectivity index (χ1v) is 6.60. The van der Waals surface area contributed by atoms with Crippen molar-refractivity contribution in [3.8, 4) is 5.75 Å². The third kappa shape index (κ3) is 5.69. The Morgan fingerprint density at radius 1 is 1.28 bits per heavy atom. The Balaban J connectivity index is 2.22. The molecule has 0 aromatic heterocycles. The van der Waals surface area contributed by atoms with E-state index in [4.69, 9.17) is 16.3 Å². The van der Waals surface area contributed by atoms with E-state index in [9.17, 15) is 4.39 Å². The zero-order valence-electron chi connectivity index (χ0n) is 11.2. The predicted octanol–water partition coefficient (Wildman–Crippen LogP) is 4.03. The molecule has 0 saturated heterocycles. The molecule has 0 unspecified atom stereocenters. The van der Waals surface area contributed by atoms with Crippen LogP contribution in [0.1, 0.15) is 33.6 Å². The minimum Gasteiger partial charge on any atom is -0.489 e. The van der Waals surface area contributed by atoms with Crippen LogP contribution in [0.2, 0.25) is 5.02 Å². The molecule has 1 rings (SSSR count). The van der Waals surface area contributed by atoms with Crippen LogP contribution in [0.25, 0.3) is 0 Å². The number of benzene rings is 1. The lowest BCUT2D eigenvalue weighted by Crippen LogP contribution is -2.36. The van der Waals surface area contributed by atoms with Crippen LogP contribution in [0, 0.1) is 5.82 Å². The molecule has 1 aromatic rings. The first-order chi connectivity index (χ1) is 8.40. The van der Waals surface area contributed by atoms with Gasteiger partial charge in [-0.15, -0.1) is 0 Å². The lowest BCUT2D eigenvalue weighted by molar-refractivity contribution is 0.288. The van der Waals surface area contributed by atoms with Gasteiger partial charge in [0.2, 0.25) is 0 Å². The first-order valence-electron chi connectivity index (χ1n) is 6.22. The minimum absolute atomic E-state index is 0.135. The molecule has 102 valence electrons. The molecule has 0 aliphatic rings.